The summed E-state index contributed by atoms with van der Waals surface area (Å²) in [5.74, 6) is 0.624. The molecule has 2 unspecified atom stereocenters. The molecule has 0 amide bonds. The predicted octanol–water partition coefficient (Wildman–Crippen LogP) is 2.59. The summed E-state index contributed by atoms with van der Waals surface area (Å²) in [6, 6.07) is 9.24. The summed E-state index contributed by atoms with van der Waals surface area (Å²) in [4.78, 5) is 2.51. The van der Waals surface area contributed by atoms with Gasteiger partial charge in [0.1, 0.15) is 0 Å². The van der Waals surface area contributed by atoms with Gasteiger partial charge in [-0.05, 0) is 31.4 Å². The van der Waals surface area contributed by atoms with E-state index in [0.717, 1.165) is 26.1 Å². The molecular formula is C14H23ClN2. The van der Waals surface area contributed by atoms with E-state index in [0.29, 0.717) is 12.0 Å². The van der Waals surface area contributed by atoms with E-state index >= 15 is 0 Å². The number of hydrogen-bond donors (Lipinski definition) is 1. The van der Waals surface area contributed by atoms with E-state index < -0.39 is 0 Å². The molecule has 1 aromatic rings. The summed E-state index contributed by atoms with van der Waals surface area (Å²) >= 11 is 0. The van der Waals surface area contributed by atoms with Gasteiger partial charge in [-0.3, -0.25) is 4.90 Å². The van der Waals surface area contributed by atoms with Crippen LogP contribution in [0.1, 0.15) is 24.5 Å². The highest BCUT2D eigenvalue weighted by Crippen LogP contribution is 2.17. The molecule has 0 spiro atoms. The molecule has 2 N–H and O–H groups in total. The van der Waals surface area contributed by atoms with Gasteiger partial charge in [0.15, 0.2) is 0 Å². The lowest BCUT2D eigenvalue weighted by atomic mass is 9.94. The Hall–Kier alpha value is -0.570. The number of nitrogens with two attached hydrogens (primary N) is 1. The van der Waals surface area contributed by atoms with E-state index in [-0.39, 0.29) is 12.4 Å². The van der Waals surface area contributed by atoms with Crippen LogP contribution in [0.3, 0.4) is 0 Å². The predicted molar refractivity (Wildman–Crippen MR) is 75.5 cm³/mol. The fraction of sp³-hybridized carbons (Fsp3) is 0.571. The molecule has 1 aromatic carbocycles. The Balaban J connectivity index is 0.00000144. The molecule has 1 heterocycles. The van der Waals surface area contributed by atoms with E-state index in [1.807, 2.05) is 0 Å². The molecule has 0 radical (unpaired) electrons. The van der Waals surface area contributed by atoms with Crippen LogP contribution in [-0.2, 0) is 6.54 Å². The molecule has 1 aliphatic rings. The maximum absolute atomic E-state index is 6.03. The van der Waals surface area contributed by atoms with Crippen LogP contribution < -0.4 is 5.73 Å². The van der Waals surface area contributed by atoms with Crippen LogP contribution in [0.4, 0.5) is 0 Å². The molecule has 2 nitrogen and oxygen atoms in total. The number of rotatable bonds is 2. The number of likely N-dealkylation sites (tertiary alicyclic amines) is 1. The molecule has 0 bridgehead atoms. The zero-order valence-electron chi connectivity index (χ0n) is 10.7. The van der Waals surface area contributed by atoms with Crippen LogP contribution in [0.25, 0.3) is 0 Å². The van der Waals surface area contributed by atoms with Crippen LogP contribution in [0.5, 0.6) is 0 Å². The highest BCUT2D eigenvalue weighted by molar-refractivity contribution is 5.85. The Morgan fingerprint density at radius 2 is 1.94 bits per heavy atom. The number of piperidine rings is 1. The van der Waals surface area contributed by atoms with Gasteiger partial charge < -0.3 is 5.73 Å². The van der Waals surface area contributed by atoms with Crippen molar-refractivity contribution in [1.82, 2.24) is 4.90 Å². The van der Waals surface area contributed by atoms with Gasteiger partial charge in [0.2, 0.25) is 0 Å². The van der Waals surface area contributed by atoms with E-state index in [4.69, 9.17) is 5.73 Å². The first-order valence-electron chi connectivity index (χ1n) is 6.18. The molecule has 1 saturated heterocycles. The Kier molecular flexibility index (Phi) is 5.44. The first-order chi connectivity index (χ1) is 7.65. The fourth-order valence-electron chi connectivity index (χ4n) is 2.35. The summed E-state index contributed by atoms with van der Waals surface area (Å²) in [6.45, 7) is 7.73. The third kappa shape index (κ3) is 3.98. The number of halogens is 1. The van der Waals surface area contributed by atoms with Gasteiger partial charge in [0.25, 0.3) is 0 Å². The molecule has 1 aliphatic heterocycles. The minimum atomic E-state index is 0. The Morgan fingerprint density at radius 3 is 2.53 bits per heavy atom. The van der Waals surface area contributed by atoms with Crippen molar-refractivity contribution >= 4 is 12.4 Å². The monoisotopic (exact) mass is 254 g/mol. The molecule has 2 rings (SSSR count). The minimum Gasteiger partial charge on any atom is -0.327 e. The second kappa shape index (κ2) is 6.39. The third-order valence-corrected chi connectivity index (χ3v) is 3.58. The molecule has 0 saturated carbocycles. The van der Waals surface area contributed by atoms with Gasteiger partial charge in [-0.15, -0.1) is 12.4 Å². The number of benzene rings is 1. The van der Waals surface area contributed by atoms with E-state index in [1.54, 1.807) is 0 Å². The molecule has 0 aromatic heterocycles. The van der Waals surface area contributed by atoms with Gasteiger partial charge in [0, 0.05) is 19.1 Å². The topological polar surface area (TPSA) is 29.3 Å². The molecular weight excluding hydrogens is 232 g/mol. The van der Waals surface area contributed by atoms with Crippen molar-refractivity contribution < 1.29 is 0 Å². The maximum atomic E-state index is 6.03. The largest absolute Gasteiger partial charge is 0.327 e. The number of nitrogens with zero attached hydrogens (tertiary/aromatic N) is 1. The first kappa shape index (κ1) is 14.5. The van der Waals surface area contributed by atoms with Gasteiger partial charge in [-0.2, -0.15) is 0 Å². The summed E-state index contributed by atoms with van der Waals surface area (Å²) < 4.78 is 0. The lowest BCUT2D eigenvalue weighted by Crippen LogP contribution is -2.45. The van der Waals surface area contributed by atoms with Crippen molar-refractivity contribution in [2.24, 2.45) is 11.7 Å². The van der Waals surface area contributed by atoms with Crippen molar-refractivity contribution in [1.29, 1.82) is 0 Å². The van der Waals surface area contributed by atoms with Gasteiger partial charge in [-0.1, -0.05) is 36.8 Å². The zero-order chi connectivity index (χ0) is 11.5. The van der Waals surface area contributed by atoms with Crippen LogP contribution in [0.2, 0.25) is 0 Å². The minimum absolute atomic E-state index is 0. The average Bonchev–Trinajstić information content (AvgIpc) is 2.27. The summed E-state index contributed by atoms with van der Waals surface area (Å²) in [5.41, 5.74) is 8.77. The SMILES string of the molecule is Cc1ccc(CN2CCC(N)C(C)C2)cc1.Cl. The third-order valence-electron chi connectivity index (χ3n) is 3.58. The lowest BCUT2D eigenvalue weighted by molar-refractivity contribution is 0.158. The summed E-state index contributed by atoms with van der Waals surface area (Å²) in [6.07, 6.45) is 1.13. The van der Waals surface area contributed by atoms with Gasteiger partial charge in [-0.25, -0.2) is 0 Å². The van der Waals surface area contributed by atoms with E-state index in [1.165, 1.54) is 11.1 Å². The molecule has 0 aliphatic carbocycles. The van der Waals surface area contributed by atoms with Crippen molar-refractivity contribution in [2.45, 2.75) is 32.9 Å². The van der Waals surface area contributed by atoms with Gasteiger partial charge in [0.05, 0.1) is 0 Å². The van der Waals surface area contributed by atoms with Crippen molar-refractivity contribution in [2.75, 3.05) is 13.1 Å². The van der Waals surface area contributed by atoms with Crippen molar-refractivity contribution in [3.05, 3.63) is 35.4 Å². The number of aryl methyl sites for hydroxylation is 1. The summed E-state index contributed by atoms with van der Waals surface area (Å²) in [5, 5.41) is 0. The highest BCUT2D eigenvalue weighted by Gasteiger charge is 2.22. The van der Waals surface area contributed by atoms with Crippen LogP contribution in [0, 0.1) is 12.8 Å². The van der Waals surface area contributed by atoms with Crippen LogP contribution in [-0.4, -0.2) is 24.0 Å². The van der Waals surface area contributed by atoms with Crippen molar-refractivity contribution in [3.63, 3.8) is 0 Å². The molecule has 96 valence electrons. The molecule has 17 heavy (non-hydrogen) atoms. The molecule has 3 heteroatoms. The van der Waals surface area contributed by atoms with E-state index in [9.17, 15) is 0 Å². The highest BCUT2D eigenvalue weighted by atomic mass is 35.5. The fourth-order valence-corrected chi connectivity index (χ4v) is 2.35. The van der Waals surface area contributed by atoms with E-state index in [2.05, 4.69) is 43.0 Å². The number of hydrogen-bond acceptors (Lipinski definition) is 2. The Morgan fingerprint density at radius 1 is 1.29 bits per heavy atom. The summed E-state index contributed by atoms with van der Waals surface area (Å²) in [7, 11) is 0. The molecule has 1 fully saturated rings. The molecule has 2 atom stereocenters. The van der Waals surface area contributed by atoms with Crippen LogP contribution >= 0.6 is 12.4 Å². The standard InChI is InChI=1S/C14H22N2.ClH/c1-11-3-5-13(6-4-11)10-16-8-7-14(15)12(2)9-16;/h3-6,12,14H,7-10,15H2,1-2H3;1H. The van der Waals surface area contributed by atoms with Crippen LogP contribution in [0.15, 0.2) is 24.3 Å². The first-order valence-corrected chi connectivity index (χ1v) is 6.18. The quantitative estimate of drug-likeness (QED) is 0.879. The maximum Gasteiger partial charge on any atom is 0.0233 e. The second-order valence-corrected chi connectivity index (χ2v) is 5.15. The zero-order valence-corrected chi connectivity index (χ0v) is 11.5. The average molecular weight is 255 g/mol. The lowest BCUT2D eigenvalue weighted by Gasteiger charge is -2.35. The second-order valence-electron chi connectivity index (χ2n) is 5.15. The normalized spacial score (nSPS) is 25.4. The smallest absolute Gasteiger partial charge is 0.0233 e. The Labute approximate surface area is 111 Å². The van der Waals surface area contributed by atoms with Crippen molar-refractivity contribution in [3.8, 4) is 0 Å². The van der Waals surface area contributed by atoms with Gasteiger partial charge >= 0.3 is 0 Å². The Bertz CT molecular complexity index is 337.